The highest BCUT2D eigenvalue weighted by Crippen LogP contribution is 2.26. The van der Waals surface area contributed by atoms with Crippen LogP contribution in [0, 0.1) is 0 Å². The summed E-state index contributed by atoms with van der Waals surface area (Å²) in [5.74, 6) is 0.838. The van der Waals surface area contributed by atoms with E-state index in [1.165, 1.54) is 0 Å². The van der Waals surface area contributed by atoms with Crippen molar-refractivity contribution in [1.82, 2.24) is 20.0 Å². The van der Waals surface area contributed by atoms with Gasteiger partial charge in [0, 0.05) is 14.1 Å². The van der Waals surface area contributed by atoms with Crippen LogP contribution in [0.15, 0.2) is 28.7 Å². The summed E-state index contributed by atoms with van der Waals surface area (Å²) in [5.41, 5.74) is 0.699. The van der Waals surface area contributed by atoms with Crippen LogP contribution in [-0.4, -0.2) is 53.6 Å². The Hall–Kier alpha value is -1.92. The first kappa shape index (κ1) is 15.5. The van der Waals surface area contributed by atoms with Gasteiger partial charge in [-0.15, -0.1) is 10.2 Å². The number of amides is 1. The van der Waals surface area contributed by atoms with E-state index in [1.807, 2.05) is 30.1 Å². The maximum absolute atomic E-state index is 11.6. The van der Waals surface area contributed by atoms with Gasteiger partial charge in [0.25, 0.3) is 0 Å². The molecule has 0 bridgehead atoms. The number of hydrogen-bond acceptors (Lipinski definition) is 5. The lowest BCUT2D eigenvalue weighted by Gasteiger charge is -2.16. The monoisotopic (exact) mass is 308 g/mol. The van der Waals surface area contributed by atoms with Crippen LogP contribution in [0.3, 0.4) is 0 Å². The molecule has 21 heavy (non-hydrogen) atoms. The van der Waals surface area contributed by atoms with Crippen molar-refractivity contribution in [3.63, 3.8) is 0 Å². The lowest BCUT2D eigenvalue weighted by atomic mass is 10.2. The third-order valence-corrected chi connectivity index (χ3v) is 3.21. The molecule has 0 atom stereocenters. The molecule has 0 radical (unpaired) electrons. The Kier molecular flexibility index (Phi) is 4.93. The van der Waals surface area contributed by atoms with Crippen molar-refractivity contribution in [2.45, 2.75) is 6.54 Å². The van der Waals surface area contributed by atoms with Crippen molar-refractivity contribution in [2.75, 3.05) is 27.7 Å². The van der Waals surface area contributed by atoms with Gasteiger partial charge in [-0.3, -0.25) is 9.69 Å². The number of hydrogen-bond donors (Lipinski definition) is 0. The highest BCUT2D eigenvalue weighted by molar-refractivity contribution is 6.33. The summed E-state index contributed by atoms with van der Waals surface area (Å²) < 4.78 is 5.59. The van der Waals surface area contributed by atoms with E-state index in [9.17, 15) is 4.79 Å². The van der Waals surface area contributed by atoms with Gasteiger partial charge in [0.05, 0.1) is 23.7 Å². The van der Waals surface area contributed by atoms with Gasteiger partial charge in [-0.2, -0.15) is 0 Å². The number of carbonyl (C=O) groups excluding carboxylic acids is 1. The van der Waals surface area contributed by atoms with Gasteiger partial charge in [0.1, 0.15) is 0 Å². The molecule has 0 saturated heterocycles. The zero-order valence-corrected chi connectivity index (χ0v) is 13.0. The molecule has 0 aliphatic carbocycles. The van der Waals surface area contributed by atoms with Gasteiger partial charge in [0.2, 0.25) is 17.7 Å². The molecule has 2 aromatic rings. The maximum Gasteiger partial charge on any atom is 0.249 e. The van der Waals surface area contributed by atoms with Crippen molar-refractivity contribution in [3.05, 3.63) is 35.2 Å². The fourth-order valence-corrected chi connectivity index (χ4v) is 1.94. The normalized spacial score (nSPS) is 10.9. The molecule has 7 heteroatoms. The number of aromatic nitrogens is 2. The summed E-state index contributed by atoms with van der Waals surface area (Å²) in [6.07, 6.45) is 0. The van der Waals surface area contributed by atoms with Crippen molar-refractivity contribution in [2.24, 2.45) is 0 Å². The predicted molar refractivity (Wildman–Crippen MR) is 79.8 cm³/mol. The smallest absolute Gasteiger partial charge is 0.249 e. The lowest BCUT2D eigenvalue weighted by molar-refractivity contribution is -0.129. The lowest BCUT2D eigenvalue weighted by Crippen LogP contribution is -2.34. The Morgan fingerprint density at radius 2 is 1.95 bits per heavy atom. The van der Waals surface area contributed by atoms with Crippen LogP contribution < -0.4 is 0 Å². The maximum atomic E-state index is 11.6. The average Bonchev–Trinajstić information content (AvgIpc) is 2.87. The van der Waals surface area contributed by atoms with Crippen LogP contribution in [-0.2, 0) is 11.3 Å². The molecule has 6 nitrogen and oxygen atoms in total. The molecule has 0 aliphatic rings. The van der Waals surface area contributed by atoms with E-state index in [0.29, 0.717) is 28.9 Å². The zero-order valence-electron chi connectivity index (χ0n) is 12.2. The van der Waals surface area contributed by atoms with E-state index >= 15 is 0 Å². The second-order valence-electron chi connectivity index (χ2n) is 4.94. The van der Waals surface area contributed by atoms with E-state index in [-0.39, 0.29) is 12.5 Å². The first-order valence-electron chi connectivity index (χ1n) is 6.43. The van der Waals surface area contributed by atoms with Gasteiger partial charge in [0.15, 0.2) is 0 Å². The van der Waals surface area contributed by atoms with Crippen LogP contribution in [0.4, 0.5) is 0 Å². The van der Waals surface area contributed by atoms with Crippen LogP contribution in [0.2, 0.25) is 5.02 Å². The van der Waals surface area contributed by atoms with Crippen molar-refractivity contribution in [1.29, 1.82) is 0 Å². The van der Waals surface area contributed by atoms with Crippen LogP contribution >= 0.6 is 11.6 Å². The summed E-state index contributed by atoms with van der Waals surface area (Å²) in [7, 11) is 5.26. The molecular weight excluding hydrogens is 292 g/mol. The third-order valence-electron chi connectivity index (χ3n) is 2.88. The van der Waals surface area contributed by atoms with E-state index in [0.717, 1.165) is 0 Å². The van der Waals surface area contributed by atoms with E-state index < -0.39 is 0 Å². The number of halogens is 1. The molecular formula is C14H17ClN4O2. The third kappa shape index (κ3) is 4.03. The minimum atomic E-state index is 0.0170. The summed E-state index contributed by atoms with van der Waals surface area (Å²) in [6.45, 7) is 0.688. The molecule has 0 spiro atoms. The van der Waals surface area contributed by atoms with Crippen molar-refractivity contribution >= 4 is 17.5 Å². The van der Waals surface area contributed by atoms with Gasteiger partial charge in [-0.1, -0.05) is 23.7 Å². The molecule has 0 saturated carbocycles. The molecule has 1 aromatic carbocycles. The first-order chi connectivity index (χ1) is 9.97. The average molecular weight is 309 g/mol. The quantitative estimate of drug-likeness (QED) is 0.844. The van der Waals surface area contributed by atoms with Gasteiger partial charge >= 0.3 is 0 Å². The molecule has 0 aliphatic heterocycles. The molecule has 1 amide bonds. The second-order valence-corrected chi connectivity index (χ2v) is 5.35. The van der Waals surface area contributed by atoms with E-state index in [2.05, 4.69) is 10.2 Å². The Morgan fingerprint density at radius 3 is 2.62 bits per heavy atom. The van der Waals surface area contributed by atoms with Crippen LogP contribution in [0.5, 0.6) is 0 Å². The molecule has 0 fully saturated rings. The number of nitrogens with zero attached hydrogens (tertiary/aromatic N) is 4. The summed E-state index contributed by atoms with van der Waals surface area (Å²) in [6, 6.07) is 7.28. The number of rotatable bonds is 5. The highest BCUT2D eigenvalue weighted by atomic mass is 35.5. The second kappa shape index (κ2) is 6.69. The topological polar surface area (TPSA) is 62.5 Å². The Morgan fingerprint density at radius 1 is 1.24 bits per heavy atom. The molecule has 1 aromatic heterocycles. The number of carbonyl (C=O) groups is 1. The van der Waals surface area contributed by atoms with Gasteiger partial charge in [-0.25, -0.2) is 0 Å². The van der Waals surface area contributed by atoms with Gasteiger partial charge < -0.3 is 9.32 Å². The zero-order chi connectivity index (χ0) is 15.4. The van der Waals surface area contributed by atoms with Crippen LogP contribution in [0.1, 0.15) is 5.89 Å². The van der Waals surface area contributed by atoms with E-state index in [1.54, 1.807) is 25.1 Å². The molecule has 0 N–H and O–H groups in total. The highest BCUT2D eigenvalue weighted by Gasteiger charge is 2.14. The fourth-order valence-electron chi connectivity index (χ4n) is 1.72. The minimum Gasteiger partial charge on any atom is -0.419 e. The number of benzene rings is 1. The summed E-state index contributed by atoms with van der Waals surface area (Å²) in [5, 5.41) is 8.53. The molecule has 0 unspecified atom stereocenters. The molecule has 1 heterocycles. The predicted octanol–water partition coefficient (Wildman–Crippen LogP) is 1.91. The Labute approximate surface area is 128 Å². The van der Waals surface area contributed by atoms with E-state index in [4.69, 9.17) is 16.0 Å². The largest absolute Gasteiger partial charge is 0.419 e. The standard InChI is InChI=1S/C14H17ClN4O2/c1-18(2)13(20)9-19(3)8-12-16-17-14(21-12)10-6-4-5-7-11(10)15/h4-7H,8-9H2,1-3H3. The van der Waals surface area contributed by atoms with Crippen molar-refractivity contribution < 1.29 is 9.21 Å². The Balaban J connectivity index is 2.04. The van der Waals surface area contributed by atoms with Gasteiger partial charge in [-0.05, 0) is 19.2 Å². The summed E-state index contributed by atoms with van der Waals surface area (Å²) >= 11 is 6.09. The minimum absolute atomic E-state index is 0.0170. The first-order valence-corrected chi connectivity index (χ1v) is 6.81. The molecule has 2 rings (SSSR count). The molecule has 112 valence electrons. The van der Waals surface area contributed by atoms with Crippen LogP contribution in [0.25, 0.3) is 11.5 Å². The number of likely N-dealkylation sites (N-methyl/N-ethyl adjacent to an activating group) is 2. The fraction of sp³-hybridized carbons (Fsp3) is 0.357. The Bertz CT molecular complexity index is 627. The van der Waals surface area contributed by atoms with Crippen molar-refractivity contribution in [3.8, 4) is 11.5 Å². The summed E-state index contributed by atoms with van der Waals surface area (Å²) in [4.78, 5) is 15.0. The SMILES string of the molecule is CN(CC(=O)N(C)C)Cc1nnc(-c2ccccc2Cl)o1.